The fourth-order valence-electron chi connectivity index (χ4n) is 12.5. The van der Waals surface area contributed by atoms with E-state index in [0.29, 0.717) is 144 Å². The molecule has 0 aliphatic carbocycles. The molecule has 116 heavy (non-hydrogen) atoms. The van der Waals surface area contributed by atoms with Crippen molar-refractivity contribution in [2.24, 2.45) is 21.1 Å². The Morgan fingerprint density at radius 2 is 0.810 bits per heavy atom. The van der Waals surface area contributed by atoms with Crippen LogP contribution in [0.25, 0.3) is 84.6 Å². The van der Waals surface area contributed by atoms with E-state index < -0.39 is 38.1 Å². The molecule has 614 valence electrons. The van der Waals surface area contributed by atoms with Crippen molar-refractivity contribution in [3.63, 3.8) is 0 Å². The number of carboxylic acids is 1. The third kappa shape index (κ3) is 19.3. The van der Waals surface area contributed by atoms with Crippen molar-refractivity contribution in [3.8, 4) is 119 Å². The molecule has 6 aromatic carbocycles. The Kier molecular flexibility index (Phi) is 29.2. The summed E-state index contributed by atoms with van der Waals surface area (Å²) in [6, 6.07) is 31.6. The predicted molar refractivity (Wildman–Crippen MR) is 448 cm³/mol. The van der Waals surface area contributed by atoms with Gasteiger partial charge in [0.25, 0.3) is 11.8 Å². The average Bonchev–Trinajstić information content (AvgIpc) is 1.61. The van der Waals surface area contributed by atoms with Gasteiger partial charge in [-0.05, 0) is 112 Å². The average molecular weight is 1790 g/mol. The Morgan fingerprint density at radius 3 is 1.08 bits per heavy atom. The molecule has 9 heterocycles. The Hall–Kier alpha value is -10.1. The number of carbonyl (C=O) groups is 3. The van der Waals surface area contributed by atoms with Crippen LogP contribution >= 0.6 is 91.9 Å². The summed E-state index contributed by atoms with van der Waals surface area (Å²) in [6.45, 7) is 7.06. The highest BCUT2D eigenvalue weighted by Crippen LogP contribution is 2.50. The van der Waals surface area contributed by atoms with Gasteiger partial charge in [-0.3, -0.25) is 28.0 Å². The van der Waals surface area contributed by atoms with Gasteiger partial charge in [-0.1, -0.05) is 84.0 Å². The summed E-state index contributed by atoms with van der Waals surface area (Å²) in [6.07, 6.45) is 6.98. The summed E-state index contributed by atoms with van der Waals surface area (Å²) in [4.78, 5) is 38.5. The lowest BCUT2D eigenvalue weighted by molar-refractivity contribution is 0.0686. The number of nitrogens with one attached hydrogen (secondary N) is 1. The molecule has 39 heteroatoms. The van der Waals surface area contributed by atoms with Gasteiger partial charge >= 0.3 is 5.97 Å². The number of halogens is 9. The van der Waals surface area contributed by atoms with E-state index in [1.165, 1.54) is 24.9 Å². The van der Waals surface area contributed by atoms with Crippen molar-refractivity contribution in [3.05, 3.63) is 192 Å². The first-order chi connectivity index (χ1) is 55.3. The van der Waals surface area contributed by atoms with E-state index >= 15 is 0 Å². The highest BCUT2D eigenvalue weighted by molar-refractivity contribution is 8.13. The molecular weight excluding hydrogens is 1710 g/mol. The lowest BCUT2D eigenvalue weighted by Crippen LogP contribution is -2.38. The molecule has 28 nitrogen and oxygen atoms in total. The third-order valence-electron chi connectivity index (χ3n) is 17.5. The zero-order valence-corrected chi connectivity index (χ0v) is 70.7. The summed E-state index contributed by atoms with van der Waals surface area (Å²) in [7, 11) is 6.89. The highest BCUT2D eigenvalue weighted by atomic mass is 35.7. The van der Waals surface area contributed by atoms with Crippen LogP contribution in [0.5, 0.6) is 34.5 Å². The number of rotatable bonds is 17. The predicted octanol–water partition coefficient (Wildman–Crippen LogP) is 17.4. The van der Waals surface area contributed by atoms with Crippen molar-refractivity contribution in [2.75, 3.05) is 59.5 Å². The molecule has 0 unspecified atom stereocenters. The van der Waals surface area contributed by atoms with Crippen LogP contribution in [-0.2, 0) is 60.0 Å². The van der Waals surface area contributed by atoms with E-state index in [1.54, 1.807) is 118 Å². The number of aromatic carboxylic acids is 1. The molecule has 0 saturated carbocycles. The Morgan fingerprint density at radius 1 is 0.509 bits per heavy atom. The molecule has 0 bridgehead atoms. The minimum Gasteiger partial charge on any atom is -0.496 e. The monoisotopic (exact) mass is 1790 g/mol. The van der Waals surface area contributed by atoms with E-state index in [9.17, 15) is 40.7 Å². The normalized spacial score (nSPS) is 11.9. The number of benzene rings is 6. The van der Waals surface area contributed by atoms with Crippen LogP contribution < -0.4 is 33.7 Å². The minimum atomic E-state index is -3.84. The van der Waals surface area contributed by atoms with Gasteiger partial charge in [-0.15, -0.1) is 11.6 Å². The zero-order valence-electron chi connectivity index (χ0n) is 64.1. The maximum Gasteiger partial charge on any atom is 0.356 e. The van der Waals surface area contributed by atoms with Crippen LogP contribution in [0.4, 0.5) is 4.39 Å². The van der Waals surface area contributed by atoms with Gasteiger partial charge in [0.05, 0.1) is 98.1 Å². The molecule has 3 aliphatic heterocycles. The molecule has 2 amide bonds. The maximum atomic E-state index is 13.7. The molecular formula is C77H77Cl8FN14O14S2. The highest BCUT2D eigenvalue weighted by Gasteiger charge is 2.38. The van der Waals surface area contributed by atoms with Crippen LogP contribution in [-0.4, -0.2) is 162 Å². The van der Waals surface area contributed by atoms with Gasteiger partial charge in [0, 0.05) is 163 Å². The first-order valence-corrected chi connectivity index (χ1v) is 41.4. The summed E-state index contributed by atoms with van der Waals surface area (Å²) < 4.78 is 106. The number of carbonyl (C=O) groups excluding carboxylic acids is 2. The number of nitrogens with zero attached hydrogens (tertiary/aromatic N) is 13. The maximum absolute atomic E-state index is 13.7. The largest absolute Gasteiger partial charge is 0.496 e. The molecule has 6 aromatic heterocycles. The molecule has 15 rings (SSSR count). The van der Waals surface area contributed by atoms with Gasteiger partial charge in [0.2, 0.25) is 19.1 Å². The van der Waals surface area contributed by atoms with E-state index in [-0.39, 0.29) is 68.3 Å². The van der Waals surface area contributed by atoms with Crippen LogP contribution in [0, 0.1) is 0 Å². The number of amides is 2. The number of hydrogen-bond acceptors (Lipinski definition) is 19. The van der Waals surface area contributed by atoms with E-state index in [1.807, 2.05) is 89.1 Å². The van der Waals surface area contributed by atoms with E-state index in [0.717, 1.165) is 32.4 Å². The lowest BCUT2D eigenvalue weighted by atomic mass is 9.98. The summed E-state index contributed by atoms with van der Waals surface area (Å²) in [5, 5.41) is 42.2. The number of sulfonamides is 1. The molecule has 0 saturated heterocycles. The number of hydrogen-bond donors (Lipinski definition) is 2. The summed E-state index contributed by atoms with van der Waals surface area (Å²) >= 11 is 42.3. The van der Waals surface area contributed by atoms with Gasteiger partial charge in [-0.2, -0.15) is 30.6 Å². The number of aromatic nitrogens is 12. The zero-order chi connectivity index (χ0) is 84.5. The minimum absolute atomic E-state index is 0. The number of alkyl halides is 2. The molecule has 2 N–H and O–H groups in total. The SMILES string of the molecule is C.CCN(C(=O)c1nn(-c2cc(Cl)cc(Cl)c2)c2c1COc1cc(OC)c(-c3ccn(C)n3)cc1-2)S(=O)(=O)CC.CCNC(=O)c1nn(-c2cc(Cl)cc(Cl)c2)c2c1COc1cc(OC)c(-c3ccn(C)n3)cc1-2.CCS(=O)(=O)Cl.CCl.COc1cc2c(cc1-c1ccn(C)n1)-c1c(c(C(=O)O)nn1-c1cc(Cl)cc(Cl)c1)CO2.[2H]CF. The number of fused-ring (bicyclic) bond motifs is 9. The quantitative estimate of drug-likeness (QED) is 0.0632. The second-order valence-corrected chi connectivity index (χ2v) is 32.5. The fourth-order valence-corrected chi connectivity index (χ4v) is 15.1. The molecule has 3 aliphatic rings. The second kappa shape index (κ2) is 38.3. The van der Waals surface area contributed by atoms with Gasteiger partial charge in [-0.25, -0.2) is 40.0 Å². The van der Waals surface area contributed by atoms with Crippen molar-refractivity contribution < 1.29 is 70.5 Å². The molecule has 0 atom stereocenters. The van der Waals surface area contributed by atoms with Gasteiger partial charge in [0.15, 0.2) is 17.1 Å². The summed E-state index contributed by atoms with van der Waals surface area (Å²) in [5.41, 5.74) is 11.6. The van der Waals surface area contributed by atoms with Crippen molar-refractivity contribution in [2.45, 2.75) is 54.9 Å². The van der Waals surface area contributed by atoms with Gasteiger partial charge < -0.3 is 38.8 Å². The first-order valence-electron chi connectivity index (χ1n) is 35.0. The van der Waals surface area contributed by atoms with Crippen LogP contribution in [0.1, 0.15) is 84.6 Å². The van der Waals surface area contributed by atoms with E-state index in [2.05, 4.69) is 58.2 Å². The molecule has 0 spiro atoms. The summed E-state index contributed by atoms with van der Waals surface area (Å²) in [5.74, 6) is 1.02. The van der Waals surface area contributed by atoms with Crippen LogP contribution in [0.15, 0.2) is 128 Å². The van der Waals surface area contributed by atoms with Crippen molar-refractivity contribution in [1.82, 2.24) is 68.3 Å². The van der Waals surface area contributed by atoms with Crippen molar-refractivity contribution in [1.29, 1.82) is 0 Å². The van der Waals surface area contributed by atoms with Crippen LogP contribution in [0.3, 0.4) is 0 Å². The lowest BCUT2D eigenvalue weighted by Gasteiger charge is -2.23. The van der Waals surface area contributed by atoms with Crippen LogP contribution in [0.2, 0.25) is 30.1 Å². The molecule has 12 aromatic rings. The smallest absolute Gasteiger partial charge is 0.356 e. The number of aryl methyl sites for hydroxylation is 3. The molecule has 0 fully saturated rings. The Labute approximate surface area is 708 Å². The Balaban J connectivity index is 0.000000188. The second-order valence-electron chi connectivity index (χ2n) is 24.6. The fraction of sp³-hybridized carbons (Fsp3) is 0.260. The third-order valence-corrected chi connectivity index (χ3v) is 22.0. The van der Waals surface area contributed by atoms with Gasteiger partial charge in [0.1, 0.15) is 54.3 Å². The number of ether oxygens (including phenoxy) is 6. The topological polar surface area (TPSA) is 317 Å². The number of methoxy groups -OCH3 is 3. The van der Waals surface area contributed by atoms with E-state index in [4.69, 9.17) is 99.4 Å². The number of carboxylic acid groups (broad SMARTS) is 1. The van der Waals surface area contributed by atoms with Crippen molar-refractivity contribution >= 4 is 129 Å². The standard InChI is InChI=1S/C26H25Cl2N5O5S.C24H21Cl2N5O3.C22H16Cl2N4O4.C2H5ClO2S.CH3Cl.CH3F.CH4/c1-5-32(39(35,36)6-2)26(34)24-20-14-38-23-13-22(37-4)18(21-7-8-31(3)29-21)12-19(23)25(20)33(30-24)17-10-15(27)9-16(28)11-17;1-4-27-24(32)22-18-12-34-21-11-20(33-3)16(19-5-6-30(2)28-19)10-17(21)23(18)31(29-22)15-8-13(25)7-14(26)9-15;1-27-4-3-17(25-27)14-8-15-19(9-18(14)31-2)32-10-16-20(22(29)30)26-28(21(15)16)13-6-11(23)5-12(24)7-13;1-2-6(3,4)5;2*1-2;/h7-13H,5-6,14H2,1-4H3;5-11H,4,12H2,1-3H3,(H,27,32);3-9H,10H2,1-2H3,(H,29,30);2H2,1H3;2*1H3;1H4/i;;;;;1D;. The Bertz CT molecular complexity index is 5900. The molecule has 0 radical (unpaired) electrons. The first kappa shape index (κ1) is 88.3.